The Morgan fingerprint density at radius 2 is 1.42 bits per heavy atom. The SMILES string of the molecule is COc1ccc(CN(C(=O)CN(c2ccc(Oc3ccccc3)cc2)S(=O)(=O)c2ccc(C)cc2)[C@@H](C)C(=O)NC2CCCCC2)cc1. The molecule has 0 aromatic heterocycles. The molecule has 5 rings (SSSR count). The van der Waals surface area contributed by atoms with Crippen LogP contribution in [0.25, 0.3) is 0 Å². The average Bonchev–Trinajstić information content (AvgIpc) is 3.11. The van der Waals surface area contributed by atoms with Gasteiger partial charge in [0.25, 0.3) is 10.0 Å². The summed E-state index contributed by atoms with van der Waals surface area (Å²) in [6, 6.07) is 28.8. The van der Waals surface area contributed by atoms with E-state index in [2.05, 4.69) is 5.32 Å². The smallest absolute Gasteiger partial charge is 0.264 e. The number of ether oxygens (including phenoxy) is 2. The van der Waals surface area contributed by atoms with E-state index >= 15 is 0 Å². The lowest BCUT2D eigenvalue weighted by Gasteiger charge is -2.33. The highest BCUT2D eigenvalue weighted by atomic mass is 32.2. The molecular weight excluding hydrogens is 627 g/mol. The Labute approximate surface area is 283 Å². The lowest BCUT2D eigenvalue weighted by Crippen LogP contribution is -2.53. The predicted octanol–water partition coefficient (Wildman–Crippen LogP) is 6.86. The molecule has 0 saturated heterocycles. The molecule has 252 valence electrons. The number of hydrogen-bond acceptors (Lipinski definition) is 6. The summed E-state index contributed by atoms with van der Waals surface area (Å²) >= 11 is 0. The van der Waals surface area contributed by atoms with Gasteiger partial charge in [0, 0.05) is 12.6 Å². The molecule has 0 radical (unpaired) electrons. The van der Waals surface area contributed by atoms with Crippen molar-refractivity contribution in [3.63, 3.8) is 0 Å². The zero-order valence-corrected chi connectivity index (χ0v) is 28.5. The zero-order valence-electron chi connectivity index (χ0n) is 27.7. The number of amides is 2. The van der Waals surface area contributed by atoms with Crippen molar-refractivity contribution in [3.05, 3.63) is 114 Å². The molecule has 1 fully saturated rings. The number of aryl methyl sites for hydroxylation is 1. The Bertz CT molecular complexity index is 1760. The van der Waals surface area contributed by atoms with Crippen molar-refractivity contribution in [3.8, 4) is 17.2 Å². The van der Waals surface area contributed by atoms with Gasteiger partial charge < -0.3 is 19.7 Å². The number of carbonyl (C=O) groups is 2. The van der Waals surface area contributed by atoms with Gasteiger partial charge in [-0.2, -0.15) is 0 Å². The van der Waals surface area contributed by atoms with Crippen molar-refractivity contribution < 1.29 is 27.5 Å². The van der Waals surface area contributed by atoms with Crippen LogP contribution in [-0.2, 0) is 26.2 Å². The minimum Gasteiger partial charge on any atom is -0.497 e. The number of para-hydroxylation sites is 1. The third kappa shape index (κ3) is 8.74. The van der Waals surface area contributed by atoms with Gasteiger partial charge in [-0.25, -0.2) is 8.42 Å². The predicted molar refractivity (Wildman–Crippen MR) is 187 cm³/mol. The summed E-state index contributed by atoms with van der Waals surface area (Å²) in [5.41, 5.74) is 1.97. The average molecular weight is 670 g/mol. The van der Waals surface area contributed by atoms with E-state index in [1.165, 1.54) is 17.0 Å². The molecule has 10 heteroatoms. The van der Waals surface area contributed by atoms with Gasteiger partial charge in [-0.05, 0) is 92.9 Å². The van der Waals surface area contributed by atoms with Gasteiger partial charge in [-0.15, -0.1) is 0 Å². The van der Waals surface area contributed by atoms with E-state index in [-0.39, 0.29) is 29.1 Å². The molecular formula is C38H43N3O6S. The molecule has 1 aliphatic rings. The van der Waals surface area contributed by atoms with Crippen molar-refractivity contribution in [2.75, 3.05) is 18.0 Å². The van der Waals surface area contributed by atoms with Crippen molar-refractivity contribution in [2.24, 2.45) is 0 Å². The van der Waals surface area contributed by atoms with Gasteiger partial charge in [0.1, 0.15) is 29.8 Å². The summed E-state index contributed by atoms with van der Waals surface area (Å²) in [7, 11) is -2.62. The van der Waals surface area contributed by atoms with E-state index in [0.29, 0.717) is 17.2 Å². The third-order valence-corrected chi connectivity index (χ3v) is 10.4. The Balaban J connectivity index is 1.46. The van der Waals surface area contributed by atoms with Gasteiger partial charge in [0.05, 0.1) is 17.7 Å². The number of carbonyl (C=O) groups excluding carboxylic acids is 2. The van der Waals surface area contributed by atoms with Gasteiger partial charge in [-0.3, -0.25) is 13.9 Å². The number of hydrogen-bond donors (Lipinski definition) is 1. The highest BCUT2D eigenvalue weighted by Gasteiger charge is 2.33. The Hall–Kier alpha value is -4.83. The monoisotopic (exact) mass is 669 g/mol. The summed E-state index contributed by atoms with van der Waals surface area (Å²) in [5, 5.41) is 3.13. The van der Waals surface area contributed by atoms with E-state index in [9.17, 15) is 18.0 Å². The Morgan fingerprint density at radius 1 is 0.812 bits per heavy atom. The number of nitrogens with one attached hydrogen (secondary N) is 1. The molecule has 4 aromatic rings. The Kier molecular flexibility index (Phi) is 11.4. The Morgan fingerprint density at radius 3 is 2.04 bits per heavy atom. The molecule has 1 aliphatic carbocycles. The van der Waals surface area contributed by atoms with Crippen LogP contribution in [0.15, 0.2) is 108 Å². The highest BCUT2D eigenvalue weighted by Crippen LogP contribution is 2.29. The fraction of sp³-hybridized carbons (Fsp3) is 0.316. The second kappa shape index (κ2) is 15.8. The third-order valence-electron chi connectivity index (χ3n) is 8.62. The number of anilines is 1. The maximum atomic E-state index is 14.3. The summed E-state index contributed by atoms with van der Waals surface area (Å²) in [6.07, 6.45) is 5.05. The molecule has 1 atom stereocenters. The number of sulfonamides is 1. The molecule has 0 spiro atoms. The second-order valence-corrected chi connectivity index (χ2v) is 14.0. The van der Waals surface area contributed by atoms with Crippen LogP contribution in [0, 0.1) is 6.92 Å². The molecule has 2 amide bonds. The van der Waals surface area contributed by atoms with E-state index in [4.69, 9.17) is 9.47 Å². The van der Waals surface area contributed by atoms with Crippen LogP contribution in [0.2, 0.25) is 0 Å². The van der Waals surface area contributed by atoms with Crippen LogP contribution in [-0.4, -0.2) is 50.9 Å². The van der Waals surface area contributed by atoms with Gasteiger partial charge in [0.15, 0.2) is 0 Å². The molecule has 0 aliphatic heterocycles. The lowest BCUT2D eigenvalue weighted by atomic mass is 9.95. The number of methoxy groups -OCH3 is 1. The van der Waals surface area contributed by atoms with Crippen molar-refractivity contribution >= 4 is 27.5 Å². The molecule has 1 saturated carbocycles. The molecule has 0 heterocycles. The minimum absolute atomic E-state index is 0.0512. The van der Waals surface area contributed by atoms with Crippen LogP contribution >= 0.6 is 0 Å². The maximum absolute atomic E-state index is 14.3. The second-order valence-electron chi connectivity index (χ2n) is 12.1. The summed E-state index contributed by atoms with van der Waals surface area (Å²) in [6.45, 7) is 3.14. The zero-order chi connectivity index (χ0) is 34.1. The molecule has 48 heavy (non-hydrogen) atoms. The van der Waals surface area contributed by atoms with Gasteiger partial charge >= 0.3 is 0 Å². The fourth-order valence-corrected chi connectivity index (χ4v) is 7.16. The van der Waals surface area contributed by atoms with E-state index < -0.39 is 28.5 Å². The molecule has 0 bridgehead atoms. The quantitative estimate of drug-likeness (QED) is 0.167. The molecule has 1 N–H and O–H groups in total. The maximum Gasteiger partial charge on any atom is 0.264 e. The van der Waals surface area contributed by atoms with Crippen molar-refractivity contribution in [2.45, 2.75) is 69.5 Å². The van der Waals surface area contributed by atoms with E-state index in [1.807, 2.05) is 49.4 Å². The number of benzene rings is 4. The summed E-state index contributed by atoms with van der Waals surface area (Å²) in [5.74, 6) is 1.03. The minimum atomic E-state index is -4.19. The van der Waals surface area contributed by atoms with Crippen LogP contribution in [0.3, 0.4) is 0 Å². The van der Waals surface area contributed by atoms with Crippen molar-refractivity contribution in [1.82, 2.24) is 10.2 Å². The fourth-order valence-electron chi connectivity index (χ4n) is 5.75. The van der Waals surface area contributed by atoms with Gasteiger partial charge in [0.2, 0.25) is 11.8 Å². The van der Waals surface area contributed by atoms with Crippen LogP contribution in [0.1, 0.15) is 50.2 Å². The van der Waals surface area contributed by atoms with Crippen molar-refractivity contribution in [1.29, 1.82) is 0 Å². The molecule has 0 unspecified atom stereocenters. The van der Waals surface area contributed by atoms with E-state index in [1.54, 1.807) is 62.6 Å². The summed E-state index contributed by atoms with van der Waals surface area (Å²) in [4.78, 5) is 29.4. The normalized spacial score (nSPS) is 14.1. The lowest BCUT2D eigenvalue weighted by molar-refractivity contribution is -0.139. The first kappa shape index (κ1) is 34.5. The molecule has 9 nitrogen and oxygen atoms in total. The van der Waals surface area contributed by atoms with Crippen LogP contribution in [0.5, 0.6) is 17.2 Å². The first-order chi connectivity index (χ1) is 23.1. The largest absolute Gasteiger partial charge is 0.497 e. The molecule has 4 aromatic carbocycles. The standard InChI is InChI=1S/C38H43N3O6S/c1-28-14-24-36(25-15-28)48(44,45)41(32-18-22-35(23-19-32)47-34-12-8-5-9-13-34)27-37(42)40(26-30-16-20-33(46-3)21-17-30)29(2)38(43)39-31-10-6-4-7-11-31/h5,8-9,12-25,29,31H,4,6-7,10-11,26-27H2,1-3H3,(H,39,43)/t29-/m0/s1. The first-order valence-corrected chi connectivity index (χ1v) is 17.7. The highest BCUT2D eigenvalue weighted by molar-refractivity contribution is 7.92. The number of rotatable bonds is 13. The van der Waals surface area contributed by atoms with Gasteiger partial charge in [-0.1, -0.05) is 67.3 Å². The van der Waals surface area contributed by atoms with E-state index in [0.717, 1.165) is 47.5 Å². The topological polar surface area (TPSA) is 105 Å². The summed E-state index contributed by atoms with van der Waals surface area (Å²) < 4.78 is 40.7. The number of nitrogens with zero attached hydrogens (tertiary/aromatic N) is 2. The van der Waals surface area contributed by atoms with Crippen LogP contribution in [0.4, 0.5) is 5.69 Å². The van der Waals surface area contributed by atoms with Crippen LogP contribution < -0.4 is 19.1 Å². The first-order valence-electron chi connectivity index (χ1n) is 16.3.